The summed E-state index contributed by atoms with van der Waals surface area (Å²) in [6.45, 7) is 2.91. The van der Waals surface area contributed by atoms with E-state index >= 15 is 0 Å². The Kier molecular flexibility index (Phi) is 3.27. The second-order valence-corrected chi connectivity index (χ2v) is 7.75. The van der Waals surface area contributed by atoms with Gasteiger partial charge in [-0.1, -0.05) is 0 Å². The normalized spacial score (nSPS) is 27.1. The van der Waals surface area contributed by atoms with Gasteiger partial charge in [-0.2, -0.15) is 4.31 Å². The number of hydrogen-bond acceptors (Lipinski definition) is 4. The van der Waals surface area contributed by atoms with Crippen molar-refractivity contribution in [1.29, 1.82) is 0 Å². The first-order valence-corrected chi connectivity index (χ1v) is 8.31. The molecule has 1 aromatic rings. The van der Waals surface area contributed by atoms with Gasteiger partial charge >= 0.3 is 0 Å². The van der Waals surface area contributed by atoms with Crippen molar-refractivity contribution in [3.63, 3.8) is 0 Å². The van der Waals surface area contributed by atoms with Crippen molar-refractivity contribution in [3.05, 3.63) is 23.8 Å². The van der Waals surface area contributed by atoms with Crippen molar-refractivity contribution >= 4 is 10.0 Å². The summed E-state index contributed by atoms with van der Waals surface area (Å²) in [4.78, 5) is 0.291. The van der Waals surface area contributed by atoms with Crippen molar-refractivity contribution in [2.75, 3.05) is 19.7 Å². The molecule has 6 heteroatoms. The van der Waals surface area contributed by atoms with Crippen LogP contribution in [0.4, 0.5) is 0 Å². The summed E-state index contributed by atoms with van der Waals surface area (Å²) in [7, 11) is -3.54. The second kappa shape index (κ2) is 4.72. The lowest BCUT2D eigenvalue weighted by molar-refractivity contribution is 0.00940. The Hall–Kier alpha value is -1.11. The van der Waals surface area contributed by atoms with Gasteiger partial charge in [0, 0.05) is 19.5 Å². The number of sulfonamides is 1. The number of β-amino-alcohol motifs (C(OH)–C–C–N with tert-alkyl or cyclic N) is 1. The number of fused-ring (bicyclic) bond motifs is 1. The maximum atomic E-state index is 12.6. The molecular formula is C14H19NO4S. The summed E-state index contributed by atoms with van der Waals surface area (Å²) in [5.74, 6) is 0.773. The molecule has 2 aliphatic rings. The summed E-state index contributed by atoms with van der Waals surface area (Å²) >= 11 is 0. The Morgan fingerprint density at radius 2 is 2.20 bits per heavy atom. The Morgan fingerprint density at radius 3 is 2.95 bits per heavy atom. The van der Waals surface area contributed by atoms with Crippen LogP contribution < -0.4 is 4.74 Å². The molecule has 1 saturated heterocycles. The average molecular weight is 297 g/mol. The molecule has 0 saturated carbocycles. The van der Waals surface area contributed by atoms with Crippen LogP contribution in [0.1, 0.15) is 25.3 Å². The summed E-state index contributed by atoms with van der Waals surface area (Å²) in [5.41, 5.74) is 0.000344. The molecule has 5 nitrogen and oxygen atoms in total. The highest BCUT2D eigenvalue weighted by Gasteiger charge is 2.35. The van der Waals surface area contributed by atoms with Crippen molar-refractivity contribution in [3.8, 4) is 5.75 Å². The monoisotopic (exact) mass is 297 g/mol. The van der Waals surface area contributed by atoms with E-state index in [1.165, 1.54) is 4.31 Å². The molecule has 0 bridgehead atoms. The van der Waals surface area contributed by atoms with Crippen LogP contribution >= 0.6 is 0 Å². The van der Waals surface area contributed by atoms with E-state index in [9.17, 15) is 13.5 Å². The molecule has 1 unspecified atom stereocenters. The second-order valence-electron chi connectivity index (χ2n) is 5.81. The molecule has 110 valence electrons. The van der Waals surface area contributed by atoms with Crippen LogP contribution in [-0.2, 0) is 16.4 Å². The van der Waals surface area contributed by atoms with Crippen molar-refractivity contribution in [2.45, 2.75) is 36.7 Å². The van der Waals surface area contributed by atoms with Gasteiger partial charge < -0.3 is 9.84 Å². The van der Waals surface area contributed by atoms with E-state index in [2.05, 4.69) is 0 Å². The third kappa shape index (κ3) is 2.43. The fourth-order valence-electron chi connectivity index (χ4n) is 2.85. The summed E-state index contributed by atoms with van der Waals surface area (Å²) < 4.78 is 32.1. The van der Waals surface area contributed by atoms with E-state index in [0.29, 0.717) is 30.9 Å². The van der Waals surface area contributed by atoms with E-state index in [1.807, 2.05) is 0 Å². The molecule has 0 aromatic heterocycles. The van der Waals surface area contributed by atoms with Crippen molar-refractivity contribution in [1.82, 2.24) is 4.31 Å². The Labute approximate surface area is 119 Å². The van der Waals surface area contributed by atoms with Crippen molar-refractivity contribution in [2.24, 2.45) is 0 Å². The molecule has 3 rings (SSSR count). The summed E-state index contributed by atoms with van der Waals surface area (Å²) in [6, 6.07) is 5.00. The number of piperidine rings is 1. The molecular weight excluding hydrogens is 278 g/mol. The molecule has 1 N–H and O–H groups in total. The van der Waals surface area contributed by atoms with E-state index in [1.54, 1.807) is 25.1 Å². The maximum absolute atomic E-state index is 12.6. The van der Waals surface area contributed by atoms with Gasteiger partial charge in [0.25, 0.3) is 0 Å². The van der Waals surface area contributed by atoms with Crippen LogP contribution in [0.25, 0.3) is 0 Å². The van der Waals surface area contributed by atoms with Gasteiger partial charge in [0.2, 0.25) is 10.0 Å². The molecule has 2 aliphatic heterocycles. The van der Waals surface area contributed by atoms with Gasteiger partial charge in [0.1, 0.15) is 5.75 Å². The fraction of sp³-hybridized carbons (Fsp3) is 0.571. The Balaban J connectivity index is 1.92. The molecule has 0 spiro atoms. The van der Waals surface area contributed by atoms with Crippen LogP contribution in [0.5, 0.6) is 5.75 Å². The number of ether oxygens (including phenoxy) is 1. The van der Waals surface area contributed by atoms with Gasteiger partial charge in [0.15, 0.2) is 0 Å². The van der Waals surface area contributed by atoms with Crippen LogP contribution in [0.3, 0.4) is 0 Å². The lowest BCUT2D eigenvalue weighted by Crippen LogP contribution is -2.48. The maximum Gasteiger partial charge on any atom is 0.243 e. The SMILES string of the molecule is CC1(O)CCCN(S(=O)(=O)c2ccc3c(c2)CCO3)C1. The molecule has 0 radical (unpaired) electrons. The Bertz CT molecular complexity index is 624. The molecule has 0 amide bonds. The first-order chi connectivity index (χ1) is 9.38. The Morgan fingerprint density at radius 1 is 1.40 bits per heavy atom. The lowest BCUT2D eigenvalue weighted by Gasteiger charge is -2.35. The molecule has 1 fully saturated rings. The van der Waals surface area contributed by atoms with Crippen LogP contribution in [0.2, 0.25) is 0 Å². The minimum Gasteiger partial charge on any atom is -0.493 e. The van der Waals surface area contributed by atoms with E-state index < -0.39 is 15.6 Å². The average Bonchev–Trinajstić information content (AvgIpc) is 2.84. The number of hydrogen-bond donors (Lipinski definition) is 1. The number of aliphatic hydroxyl groups is 1. The summed E-state index contributed by atoms with van der Waals surface area (Å²) in [5, 5.41) is 10.1. The van der Waals surface area contributed by atoms with Gasteiger partial charge in [-0.25, -0.2) is 8.42 Å². The highest BCUT2D eigenvalue weighted by atomic mass is 32.2. The third-order valence-corrected chi connectivity index (χ3v) is 5.78. The smallest absolute Gasteiger partial charge is 0.243 e. The minimum atomic E-state index is -3.54. The van der Waals surface area contributed by atoms with Gasteiger partial charge in [-0.05, 0) is 43.5 Å². The predicted molar refractivity (Wildman–Crippen MR) is 74.3 cm³/mol. The quantitative estimate of drug-likeness (QED) is 0.889. The van der Waals surface area contributed by atoms with E-state index in [4.69, 9.17) is 4.74 Å². The number of rotatable bonds is 2. The van der Waals surface area contributed by atoms with Crippen LogP contribution in [-0.4, -0.2) is 43.1 Å². The predicted octanol–water partition coefficient (Wildman–Crippen LogP) is 1.16. The van der Waals surface area contributed by atoms with Gasteiger partial charge in [-0.3, -0.25) is 0 Å². The first-order valence-electron chi connectivity index (χ1n) is 6.87. The minimum absolute atomic E-state index is 0.156. The van der Waals surface area contributed by atoms with Crippen LogP contribution in [0.15, 0.2) is 23.1 Å². The number of benzene rings is 1. The van der Waals surface area contributed by atoms with Crippen LogP contribution in [0, 0.1) is 0 Å². The highest BCUT2D eigenvalue weighted by molar-refractivity contribution is 7.89. The zero-order valence-electron chi connectivity index (χ0n) is 11.5. The standard InChI is InChI=1S/C14H19NO4S/c1-14(16)6-2-7-15(10-14)20(17,18)12-3-4-13-11(9-12)5-8-19-13/h3-4,9,16H,2,5-8,10H2,1H3. The fourth-order valence-corrected chi connectivity index (χ4v) is 4.50. The highest BCUT2D eigenvalue weighted by Crippen LogP contribution is 2.31. The molecule has 1 atom stereocenters. The third-order valence-electron chi connectivity index (χ3n) is 3.94. The van der Waals surface area contributed by atoms with E-state index in [0.717, 1.165) is 17.7 Å². The largest absolute Gasteiger partial charge is 0.493 e. The van der Waals surface area contributed by atoms with Gasteiger partial charge in [0.05, 0.1) is 17.1 Å². The first kappa shape index (κ1) is 13.9. The van der Waals surface area contributed by atoms with Crippen molar-refractivity contribution < 1.29 is 18.3 Å². The molecule has 2 heterocycles. The molecule has 0 aliphatic carbocycles. The zero-order valence-corrected chi connectivity index (χ0v) is 12.3. The molecule has 1 aromatic carbocycles. The lowest BCUT2D eigenvalue weighted by atomic mass is 9.97. The number of nitrogens with zero attached hydrogens (tertiary/aromatic N) is 1. The molecule has 20 heavy (non-hydrogen) atoms. The van der Waals surface area contributed by atoms with E-state index in [-0.39, 0.29) is 6.54 Å². The summed E-state index contributed by atoms with van der Waals surface area (Å²) in [6.07, 6.45) is 2.06. The topological polar surface area (TPSA) is 66.8 Å². The zero-order chi connectivity index (χ0) is 14.4. The van der Waals surface area contributed by atoms with Gasteiger partial charge in [-0.15, -0.1) is 0 Å².